The lowest BCUT2D eigenvalue weighted by molar-refractivity contribution is -0.00402. The number of aromatic carboxylic acids is 1. The van der Waals surface area contributed by atoms with Crippen molar-refractivity contribution in [3.8, 4) is 0 Å². The van der Waals surface area contributed by atoms with Gasteiger partial charge in [-0.2, -0.15) is 0 Å². The summed E-state index contributed by atoms with van der Waals surface area (Å²) in [6, 6.07) is 5.64. The van der Waals surface area contributed by atoms with Crippen LogP contribution in [0.2, 0.25) is 0 Å². The number of hydrogen-bond donors (Lipinski definition) is 3. The summed E-state index contributed by atoms with van der Waals surface area (Å²) in [5, 5.41) is 27.2. The number of carbonyl (C=O) groups excluding carboxylic acids is 1. The molecule has 0 aliphatic heterocycles. The number of esters is 1. The lowest BCUT2D eigenvalue weighted by Crippen LogP contribution is -2.31. The second kappa shape index (κ2) is 9.53. The van der Waals surface area contributed by atoms with Gasteiger partial charge in [0.25, 0.3) is 0 Å². The van der Waals surface area contributed by atoms with Crippen molar-refractivity contribution in [2.24, 2.45) is 11.8 Å². The minimum absolute atomic E-state index is 0.0491. The molecule has 25 heavy (non-hydrogen) atoms. The second-order valence-electron chi connectivity index (χ2n) is 6.63. The van der Waals surface area contributed by atoms with Gasteiger partial charge in [-0.3, -0.25) is 0 Å². The number of carboxylic acid groups (broad SMARTS) is 1. The molecule has 2 rings (SSSR count). The van der Waals surface area contributed by atoms with E-state index in [0.29, 0.717) is 17.9 Å². The summed E-state index contributed by atoms with van der Waals surface area (Å²) in [5.41, 5.74) is 0.424. The van der Waals surface area contributed by atoms with Crippen LogP contribution in [0.4, 0.5) is 0 Å². The van der Waals surface area contributed by atoms with Gasteiger partial charge in [0.1, 0.15) is 6.10 Å². The zero-order chi connectivity index (χ0) is 18.2. The first-order chi connectivity index (χ1) is 12.0. The number of carboxylic acids is 1. The van der Waals surface area contributed by atoms with Gasteiger partial charge in [-0.25, -0.2) is 9.59 Å². The Kier molecular flexibility index (Phi) is 7.40. The van der Waals surface area contributed by atoms with Crippen molar-refractivity contribution >= 4 is 11.9 Å². The lowest BCUT2D eigenvalue weighted by atomic mass is 9.77. The number of ether oxygens (including phenoxy) is 1. The fourth-order valence-corrected chi connectivity index (χ4v) is 3.50. The van der Waals surface area contributed by atoms with Gasteiger partial charge in [-0.1, -0.05) is 0 Å². The van der Waals surface area contributed by atoms with Gasteiger partial charge in [0.05, 0.1) is 11.1 Å². The van der Waals surface area contributed by atoms with Crippen LogP contribution in [0.1, 0.15) is 59.2 Å². The molecule has 1 saturated carbocycles. The van der Waals surface area contributed by atoms with Gasteiger partial charge in [0, 0.05) is 19.6 Å². The van der Waals surface area contributed by atoms with E-state index in [1.54, 1.807) is 0 Å². The van der Waals surface area contributed by atoms with Gasteiger partial charge in [-0.15, -0.1) is 0 Å². The van der Waals surface area contributed by atoms with Crippen LogP contribution in [0.3, 0.4) is 0 Å². The normalized spacial score (nSPS) is 21.5. The fraction of sp³-hybridized carbons (Fsp3) is 0.579. The summed E-state index contributed by atoms with van der Waals surface area (Å²) in [4.78, 5) is 23.2. The Morgan fingerprint density at radius 3 is 2.12 bits per heavy atom. The summed E-state index contributed by atoms with van der Waals surface area (Å²) in [6.07, 6.45) is 4.70. The molecule has 1 aromatic rings. The van der Waals surface area contributed by atoms with Crippen molar-refractivity contribution in [3.63, 3.8) is 0 Å². The molecular formula is C19H26O6. The van der Waals surface area contributed by atoms with E-state index < -0.39 is 11.9 Å². The molecule has 1 unspecified atom stereocenters. The Morgan fingerprint density at radius 2 is 1.60 bits per heavy atom. The van der Waals surface area contributed by atoms with Gasteiger partial charge in [0.15, 0.2) is 0 Å². The first kappa shape index (κ1) is 19.4. The van der Waals surface area contributed by atoms with Crippen LogP contribution in [0, 0.1) is 11.8 Å². The number of carbonyl (C=O) groups is 2. The summed E-state index contributed by atoms with van der Waals surface area (Å²) >= 11 is 0. The van der Waals surface area contributed by atoms with Crippen LogP contribution in [0.5, 0.6) is 0 Å². The molecule has 3 N–H and O–H groups in total. The molecule has 1 aromatic carbocycles. The molecule has 1 atom stereocenters. The van der Waals surface area contributed by atoms with Crippen LogP contribution in [0.25, 0.3) is 0 Å². The molecule has 0 bridgehead atoms. The lowest BCUT2D eigenvalue weighted by Gasteiger charge is -2.33. The predicted molar refractivity (Wildman–Crippen MR) is 91.5 cm³/mol. The van der Waals surface area contributed by atoms with E-state index in [1.807, 2.05) is 0 Å². The highest BCUT2D eigenvalue weighted by Crippen LogP contribution is 2.34. The zero-order valence-electron chi connectivity index (χ0n) is 14.3. The highest BCUT2D eigenvalue weighted by Gasteiger charge is 2.30. The van der Waals surface area contributed by atoms with Crippen molar-refractivity contribution in [1.29, 1.82) is 0 Å². The Balaban J connectivity index is 1.96. The second-order valence-corrected chi connectivity index (χ2v) is 6.63. The van der Waals surface area contributed by atoms with E-state index in [9.17, 15) is 14.7 Å². The molecule has 1 aliphatic rings. The first-order valence-corrected chi connectivity index (χ1v) is 8.81. The highest BCUT2D eigenvalue weighted by atomic mass is 16.5. The molecule has 1 fully saturated rings. The van der Waals surface area contributed by atoms with Crippen molar-refractivity contribution < 1.29 is 29.6 Å². The number of aliphatic hydroxyl groups is 2. The average molecular weight is 350 g/mol. The Labute approximate surface area is 147 Å². The Morgan fingerprint density at radius 1 is 1.00 bits per heavy atom. The fourth-order valence-electron chi connectivity index (χ4n) is 3.50. The van der Waals surface area contributed by atoms with Gasteiger partial charge < -0.3 is 20.1 Å². The minimum Gasteiger partial charge on any atom is -0.478 e. The summed E-state index contributed by atoms with van der Waals surface area (Å²) in [6.45, 7) is 0.156. The largest absolute Gasteiger partial charge is 0.478 e. The van der Waals surface area contributed by atoms with E-state index in [-0.39, 0.29) is 30.8 Å². The molecule has 1 aliphatic carbocycles. The third kappa shape index (κ3) is 5.54. The van der Waals surface area contributed by atoms with E-state index in [1.165, 1.54) is 24.3 Å². The van der Waals surface area contributed by atoms with Crippen LogP contribution < -0.4 is 0 Å². The summed E-state index contributed by atoms with van der Waals surface area (Å²) in [7, 11) is 0. The SMILES string of the molecule is O=C(O)c1ccc(C(=O)OC(CCO)C2CCC(CCO)CC2)cc1. The Bertz CT molecular complexity index is 560. The monoisotopic (exact) mass is 350 g/mol. The quantitative estimate of drug-likeness (QED) is 0.622. The molecule has 0 aromatic heterocycles. The topological polar surface area (TPSA) is 104 Å². The van der Waals surface area contributed by atoms with Crippen LogP contribution in [-0.4, -0.2) is 46.6 Å². The van der Waals surface area contributed by atoms with Crippen molar-refractivity contribution in [2.45, 2.75) is 44.6 Å². The predicted octanol–water partition coefficient (Wildman–Crippen LogP) is 2.48. The molecule has 0 radical (unpaired) electrons. The van der Waals surface area contributed by atoms with Crippen LogP contribution >= 0.6 is 0 Å². The smallest absolute Gasteiger partial charge is 0.338 e. The van der Waals surface area contributed by atoms with E-state index in [4.69, 9.17) is 14.9 Å². The third-order valence-corrected chi connectivity index (χ3v) is 4.99. The highest BCUT2D eigenvalue weighted by molar-refractivity contribution is 5.92. The number of aliphatic hydroxyl groups excluding tert-OH is 2. The van der Waals surface area contributed by atoms with E-state index >= 15 is 0 Å². The molecule has 0 heterocycles. The molecule has 0 spiro atoms. The third-order valence-electron chi connectivity index (χ3n) is 4.99. The molecule has 6 nitrogen and oxygen atoms in total. The minimum atomic E-state index is -1.04. The maximum Gasteiger partial charge on any atom is 0.338 e. The maximum absolute atomic E-state index is 12.3. The maximum atomic E-state index is 12.3. The number of benzene rings is 1. The van der Waals surface area contributed by atoms with Crippen LogP contribution in [0.15, 0.2) is 24.3 Å². The summed E-state index contributed by atoms with van der Waals surface area (Å²) in [5.74, 6) is -0.801. The van der Waals surface area contributed by atoms with E-state index in [2.05, 4.69) is 0 Å². The molecule has 0 amide bonds. The first-order valence-electron chi connectivity index (χ1n) is 8.81. The molecular weight excluding hydrogens is 324 g/mol. The molecule has 0 saturated heterocycles. The van der Waals surface area contributed by atoms with Crippen LogP contribution in [-0.2, 0) is 4.74 Å². The summed E-state index contributed by atoms with van der Waals surface area (Å²) < 4.78 is 5.62. The zero-order valence-corrected chi connectivity index (χ0v) is 14.3. The molecule has 138 valence electrons. The molecule has 6 heteroatoms. The van der Waals surface area contributed by atoms with Gasteiger partial charge in [0.2, 0.25) is 0 Å². The Hall–Kier alpha value is -1.92. The van der Waals surface area contributed by atoms with E-state index in [0.717, 1.165) is 32.1 Å². The van der Waals surface area contributed by atoms with Crippen molar-refractivity contribution in [3.05, 3.63) is 35.4 Å². The van der Waals surface area contributed by atoms with Crippen molar-refractivity contribution in [2.75, 3.05) is 13.2 Å². The number of rotatable bonds is 8. The van der Waals surface area contributed by atoms with Gasteiger partial charge in [-0.05, 0) is 68.2 Å². The van der Waals surface area contributed by atoms with Crippen molar-refractivity contribution in [1.82, 2.24) is 0 Å². The van der Waals surface area contributed by atoms with Gasteiger partial charge >= 0.3 is 11.9 Å². The standard InChI is InChI=1S/C19H26O6/c20-11-9-13-1-3-14(4-2-13)17(10-12-21)25-19(24)16-7-5-15(6-8-16)18(22)23/h5-8,13-14,17,20-21H,1-4,9-12H2,(H,22,23). The number of hydrogen-bond acceptors (Lipinski definition) is 5. The average Bonchev–Trinajstić information content (AvgIpc) is 2.62.